The van der Waals surface area contributed by atoms with Crippen LogP contribution in [0.4, 0.5) is 0 Å². The lowest BCUT2D eigenvalue weighted by Crippen LogP contribution is -2.52. The number of morpholine rings is 1. The number of hydrogen-bond donors (Lipinski definition) is 2. The standard InChI is InChI=1S/C15H32N4O2/c1-5-20-9-6-17-15(16-4)18-12-14(13(2)3)19-7-10-21-11-8-19/h13-14H,5-12H2,1-4H3,(H2,16,17,18). The fourth-order valence-electron chi connectivity index (χ4n) is 2.50. The Morgan fingerprint density at radius 1 is 1.29 bits per heavy atom. The second kappa shape index (κ2) is 10.8. The number of guanidine groups is 1. The molecule has 21 heavy (non-hydrogen) atoms. The van der Waals surface area contributed by atoms with Crippen LogP contribution in [-0.2, 0) is 9.47 Å². The summed E-state index contributed by atoms with van der Waals surface area (Å²) in [5.41, 5.74) is 0. The van der Waals surface area contributed by atoms with E-state index < -0.39 is 0 Å². The van der Waals surface area contributed by atoms with Crippen LogP contribution in [0.15, 0.2) is 4.99 Å². The maximum absolute atomic E-state index is 5.44. The summed E-state index contributed by atoms with van der Waals surface area (Å²) in [5.74, 6) is 1.44. The Labute approximate surface area is 129 Å². The van der Waals surface area contributed by atoms with Crippen molar-refractivity contribution in [2.75, 3.05) is 59.7 Å². The molecule has 2 N–H and O–H groups in total. The van der Waals surface area contributed by atoms with Gasteiger partial charge in [0.05, 0.1) is 19.8 Å². The third kappa shape index (κ3) is 7.11. The molecule has 0 aromatic heterocycles. The Balaban J connectivity index is 2.36. The first-order valence-electron chi connectivity index (χ1n) is 8.03. The second-order valence-corrected chi connectivity index (χ2v) is 5.54. The van der Waals surface area contributed by atoms with Crippen molar-refractivity contribution in [3.05, 3.63) is 0 Å². The van der Waals surface area contributed by atoms with Gasteiger partial charge in [0.2, 0.25) is 0 Å². The lowest BCUT2D eigenvalue weighted by atomic mass is 10.0. The molecule has 1 fully saturated rings. The molecule has 0 amide bonds. The van der Waals surface area contributed by atoms with Crippen LogP contribution in [0.2, 0.25) is 0 Å². The highest BCUT2D eigenvalue weighted by atomic mass is 16.5. The topological polar surface area (TPSA) is 58.1 Å². The van der Waals surface area contributed by atoms with Gasteiger partial charge in [0.15, 0.2) is 5.96 Å². The fourth-order valence-corrected chi connectivity index (χ4v) is 2.50. The van der Waals surface area contributed by atoms with Crippen molar-refractivity contribution < 1.29 is 9.47 Å². The van der Waals surface area contributed by atoms with E-state index >= 15 is 0 Å². The van der Waals surface area contributed by atoms with Gasteiger partial charge in [0.25, 0.3) is 0 Å². The van der Waals surface area contributed by atoms with Gasteiger partial charge < -0.3 is 20.1 Å². The number of rotatable bonds is 8. The molecular formula is C15H32N4O2. The minimum Gasteiger partial charge on any atom is -0.380 e. The van der Waals surface area contributed by atoms with E-state index in [-0.39, 0.29) is 0 Å². The minimum atomic E-state index is 0.499. The summed E-state index contributed by atoms with van der Waals surface area (Å²) < 4.78 is 10.8. The molecule has 1 atom stereocenters. The van der Waals surface area contributed by atoms with E-state index in [0.29, 0.717) is 18.6 Å². The Morgan fingerprint density at radius 2 is 2.00 bits per heavy atom. The molecule has 1 heterocycles. The Morgan fingerprint density at radius 3 is 2.57 bits per heavy atom. The fraction of sp³-hybridized carbons (Fsp3) is 0.933. The number of nitrogens with one attached hydrogen (secondary N) is 2. The van der Waals surface area contributed by atoms with Gasteiger partial charge in [-0.15, -0.1) is 0 Å². The average Bonchev–Trinajstić information content (AvgIpc) is 2.50. The first kappa shape index (κ1) is 18.2. The van der Waals surface area contributed by atoms with Gasteiger partial charge in [-0.1, -0.05) is 13.8 Å². The molecule has 1 aliphatic heterocycles. The lowest BCUT2D eigenvalue weighted by molar-refractivity contribution is 0.00751. The van der Waals surface area contributed by atoms with Gasteiger partial charge >= 0.3 is 0 Å². The summed E-state index contributed by atoms with van der Waals surface area (Å²) in [6, 6.07) is 0.499. The number of nitrogens with zero attached hydrogens (tertiary/aromatic N) is 2. The van der Waals surface area contributed by atoms with Crippen LogP contribution in [0.25, 0.3) is 0 Å². The normalized spacial score (nSPS) is 18.8. The molecule has 1 saturated heterocycles. The van der Waals surface area contributed by atoms with Gasteiger partial charge in [-0.2, -0.15) is 0 Å². The van der Waals surface area contributed by atoms with Crippen molar-refractivity contribution in [1.82, 2.24) is 15.5 Å². The molecule has 6 heteroatoms. The van der Waals surface area contributed by atoms with E-state index in [0.717, 1.165) is 52.0 Å². The molecular weight excluding hydrogens is 268 g/mol. The van der Waals surface area contributed by atoms with E-state index in [4.69, 9.17) is 9.47 Å². The van der Waals surface area contributed by atoms with Crippen molar-refractivity contribution in [2.24, 2.45) is 10.9 Å². The summed E-state index contributed by atoms with van der Waals surface area (Å²) in [4.78, 5) is 6.77. The highest BCUT2D eigenvalue weighted by Crippen LogP contribution is 2.12. The van der Waals surface area contributed by atoms with Gasteiger partial charge in [0, 0.05) is 45.9 Å². The van der Waals surface area contributed by atoms with E-state index in [2.05, 4.69) is 34.4 Å². The monoisotopic (exact) mass is 300 g/mol. The zero-order chi connectivity index (χ0) is 15.5. The third-order valence-corrected chi connectivity index (χ3v) is 3.73. The summed E-state index contributed by atoms with van der Waals surface area (Å²) >= 11 is 0. The molecule has 0 aromatic rings. The van der Waals surface area contributed by atoms with Crippen molar-refractivity contribution in [3.63, 3.8) is 0 Å². The second-order valence-electron chi connectivity index (χ2n) is 5.54. The predicted octanol–water partition coefficient (Wildman–Crippen LogP) is 0.545. The summed E-state index contributed by atoms with van der Waals surface area (Å²) in [6.45, 7) is 13.4. The van der Waals surface area contributed by atoms with Gasteiger partial charge in [-0.05, 0) is 12.8 Å². The first-order chi connectivity index (χ1) is 10.2. The molecule has 1 unspecified atom stereocenters. The van der Waals surface area contributed by atoms with Gasteiger partial charge in [-0.25, -0.2) is 0 Å². The van der Waals surface area contributed by atoms with Crippen molar-refractivity contribution in [3.8, 4) is 0 Å². The van der Waals surface area contributed by atoms with Crippen LogP contribution in [-0.4, -0.2) is 76.6 Å². The van der Waals surface area contributed by atoms with Crippen LogP contribution in [0.5, 0.6) is 0 Å². The largest absolute Gasteiger partial charge is 0.380 e. The van der Waals surface area contributed by atoms with E-state index in [9.17, 15) is 0 Å². The minimum absolute atomic E-state index is 0.499. The average molecular weight is 300 g/mol. The van der Waals surface area contributed by atoms with Crippen LogP contribution in [0.3, 0.4) is 0 Å². The van der Waals surface area contributed by atoms with Gasteiger partial charge in [0.1, 0.15) is 0 Å². The predicted molar refractivity (Wildman–Crippen MR) is 86.9 cm³/mol. The third-order valence-electron chi connectivity index (χ3n) is 3.73. The van der Waals surface area contributed by atoms with Crippen LogP contribution < -0.4 is 10.6 Å². The highest BCUT2D eigenvalue weighted by molar-refractivity contribution is 5.79. The van der Waals surface area contributed by atoms with Crippen LogP contribution in [0.1, 0.15) is 20.8 Å². The number of hydrogen-bond acceptors (Lipinski definition) is 4. The molecule has 1 rings (SSSR count). The lowest BCUT2D eigenvalue weighted by Gasteiger charge is -2.37. The molecule has 6 nitrogen and oxygen atoms in total. The molecule has 0 spiro atoms. The molecule has 1 aliphatic rings. The number of ether oxygens (including phenoxy) is 2. The molecule has 0 bridgehead atoms. The maximum Gasteiger partial charge on any atom is 0.191 e. The molecule has 0 aromatic carbocycles. The number of aliphatic imine (C=N–C) groups is 1. The Bertz CT molecular complexity index is 291. The molecule has 0 aliphatic carbocycles. The summed E-state index contributed by atoms with van der Waals surface area (Å²) in [7, 11) is 1.80. The van der Waals surface area contributed by atoms with Crippen LogP contribution in [0, 0.1) is 5.92 Å². The quantitative estimate of drug-likeness (QED) is 0.389. The van der Waals surface area contributed by atoms with Crippen molar-refractivity contribution >= 4 is 5.96 Å². The zero-order valence-corrected chi connectivity index (χ0v) is 14.0. The van der Waals surface area contributed by atoms with E-state index in [1.54, 1.807) is 7.05 Å². The zero-order valence-electron chi connectivity index (χ0n) is 14.0. The molecule has 124 valence electrons. The SMILES string of the molecule is CCOCCNC(=NC)NCC(C(C)C)N1CCOCC1. The molecule has 0 radical (unpaired) electrons. The smallest absolute Gasteiger partial charge is 0.191 e. The van der Waals surface area contributed by atoms with E-state index in [1.807, 2.05) is 6.92 Å². The molecule has 0 saturated carbocycles. The highest BCUT2D eigenvalue weighted by Gasteiger charge is 2.23. The Kier molecular flexibility index (Phi) is 9.37. The van der Waals surface area contributed by atoms with E-state index in [1.165, 1.54) is 0 Å². The van der Waals surface area contributed by atoms with Gasteiger partial charge in [-0.3, -0.25) is 9.89 Å². The van der Waals surface area contributed by atoms with Crippen molar-refractivity contribution in [1.29, 1.82) is 0 Å². The summed E-state index contributed by atoms with van der Waals surface area (Å²) in [6.07, 6.45) is 0. The Hall–Kier alpha value is -0.850. The van der Waals surface area contributed by atoms with Crippen LogP contribution >= 0.6 is 0 Å². The van der Waals surface area contributed by atoms with Crippen molar-refractivity contribution in [2.45, 2.75) is 26.8 Å². The maximum atomic E-state index is 5.44. The summed E-state index contributed by atoms with van der Waals surface area (Å²) in [5, 5.41) is 6.70. The first-order valence-corrected chi connectivity index (χ1v) is 8.03.